The third-order valence-corrected chi connectivity index (χ3v) is 5.85. The van der Waals surface area contributed by atoms with Crippen LogP contribution in [0.2, 0.25) is 0 Å². The lowest BCUT2D eigenvalue weighted by Crippen LogP contribution is -2.18. The van der Waals surface area contributed by atoms with E-state index in [0.717, 1.165) is 37.1 Å². The first kappa shape index (κ1) is 17.7. The van der Waals surface area contributed by atoms with Gasteiger partial charge in [0.1, 0.15) is 11.5 Å². The number of aliphatic imine (C=N–C) groups is 1. The number of benzene rings is 2. The van der Waals surface area contributed by atoms with Crippen molar-refractivity contribution in [2.45, 2.75) is 32.1 Å². The van der Waals surface area contributed by atoms with E-state index in [0.29, 0.717) is 18.1 Å². The maximum absolute atomic E-state index is 12.5. The minimum Gasteiger partial charge on any atom is -0.497 e. The molecular weight excluding hydrogens is 334 g/mol. The van der Waals surface area contributed by atoms with Crippen LogP contribution in [0, 0.1) is 11.8 Å². The van der Waals surface area contributed by atoms with Gasteiger partial charge in [-0.25, -0.2) is 0 Å². The normalized spacial score (nSPS) is 21.9. The quantitative estimate of drug-likeness (QED) is 0.728. The highest BCUT2D eigenvalue weighted by molar-refractivity contribution is 6.03. The summed E-state index contributed by atoms with van der Waals surface area (Å²) in [5.74, 6) is 1.77. The highest BCUT2D eigenvalue weighted by Crippen LogP contribution is 2.40. The summed E-state index contributed by atoms with van der Waals surface area (Å²) in [7, 11) is 1.68. The van der Waals surface area contributed by atoms with Crippen molar-refractivity contribution in [1.29, 1.82) is 0 Å². The van der Waals surface area contributed by atoms with Gasteiger partial charge in [-0.15, -0.1) is 0 Å². The maximum Gasteiger partial charge on any atom is 0.136 e. The Balaban J connectivity index is 1.40. The Bertz CT molecular complexity index is 865. The third-order valence-electron chi connectivity index (χ3n) is 5.85. The van der Waals surface area contributed by atoms with E-state index in [9.17, 15) is 4.79 Å². The third kappa shape index (κ3) is 3.87. The summed E-state index contributed by atoms with van der Waals surface area (Å²) in [4.78, 5) is 17.2. The number of ether oxygens (including phenoxy) is 1. The molecular formula is C24H25NO2. The van der Waals surface area contributed by atoms with Crippen molar-refractivity contribution in [2.75, 3.05) is 7.11 Å². The van der Waals surface area contributed by atoms with Gasteiger partial charge in [-0.05, 0) is 54.0 Å². The van der Waals surface area contributed by atoms with Gasteiger partial charge in [0.15, 0.2) is 0 Å². The molecule has 4 rings (SSSR count). The lowest BCUT2D eigenvalue weighted by atomic mass is 9.83. The van der Waals surface area contributed by atoms with Gasteiger partial charge in [0.05, 0.1) is 12.8 Å². The van der Waals surface area contributed by atoms with Crippen LogP contribution in [0.25, 0.3) is 0 Å². The fourth-order valence-electron chi connectivity index (χ4n) is 4.31. The van der Waals surface area contributed by atoms with Crippen LogP contribution in [0.1, 0.15) is 36.8 Å². The molecule has 1 saturated carbocycles. The first-order valence-electron chi connectivity index (χ1n) is 9.71. The summed E-state index contributed by atoms with van der Waals surface area (Å²) in [6.07, 6.45) is 6.41. The van der Waals surface area contributed by atoms with Crippen LogP contribution >= 0.6 is 0 Å². The predicted molar refractivity (Wildman–Crippen MR) is 108 cm³/mol. The standard InChI is InChI=1S/C24H25NO2/c1-27-20-10-7-17(8-11-20)9-12-22-21(13-14-24(22)26)19-15-23(25-16-19)18-5-3-2-4-6-18/h2-8,10-11,16,21-22H,9,12-15H2,1H3. The molecule has 1 aliphatic carbocycles. The molecule has 0 aromatic heterocycles. The Labute approximate surface area is 160 Å². The number of carbonyl (C=O) groups excluding carboxylic acids is 1. The van der Waals surface area contributed by atoms with Crippen molar-refractivity contribution in [2.24, 2.45) is 16.8 Å². The van der Waals surface area contributed by atoms with Gasteiger partial charge in [-0.3, -0.25) is 9.79 Å². The Morgan fingerprint density at radius 1 is 1.07 bits per heavy atom. The minimum atomic E-state index is 0.128. The van der Waals surface area contributed by atoms with E-state index in [1.54, 1.807) is 7.11 Å². The number of ketones is 1. The van der Waals surface area contributed by atoms with Crippen molar-refractivity contribution < 1.29 is 9.53 Å². The van der Waals surface area contributed by atoms with Gasteiger partial charge in [0, 0.05) is 25.0 Å². The summed E-state index contributed by atoms with van der Waals surface area (Å²) in [6, 6.07) is 18.5. The fraction of sp³-hybridized carbons (Fsp3) is 0.333. The molecule has 0 amide bonds. The number of Topliss-reactive ketones (excluding diaryl/α,β-unsaturated/α-hetero) is 1. The van der Waals surface area contributed by atoms with Crippen LogP contribution in [0.15, 0.2) is 71.4 Å². The van der Waals surface area contributed by atoms with E-state index < -0.39 is 0 Å². The highest BCUT2D eigenvalue weighted by Gasteiger charge is 2.37. The summed E-state index contributed by atoms with van der Waals surface area (Å²) >= 11 is 0. The lowest BCUT2D eigenvalue weighted by molar-refractivity contribution is -0.121. The molecule has 27 heavy (non-hydrogen) atoms. The zero-order chi connectivity index (χ0) is 18.6. The van der Waals surface area contributed by atoms with E-state index in [4.69, 9.17) is 4.74 Å². The molecule has 0 saturated heterocycles. The second kappa shape index (κ2) is 7.91. The molecule has 0 N–H and O–H groups in total. The lowest BCUT2D eigenvalue weighted by Gasteiger charge is -2.20. The van der Waals surface area contributed by atoms with Crippen LogP contribution in [0.3, 0.4) is 0 Å². The van der Waals surface area contributed by atoms with Crippen molar-refractivity contribution >= 4 is 11.5 Å². The summed E-state index contributed by atoms with van der Waals surface area (Å²) in [5, 5.41) is 0. The number of rotatable bonds is 6. The zero-order valence-electron chi connectivity index (χ0n) is 15.7. The molecule has 2 unspecified atom stereocenters. The minimum absolute atomic E-state index is 0.128. The van der Waals surface area contributed by atoms with Crippen LogP contribution in [0.5, 0.6) is 5.75 Å². The Morgan fingerprint density at radius 2 is 1.85 bits per heavy atom. The molecule has 3 nitrogen and oxygen atoms in total. The largest absolute Gasteiger partial charge is 0.497 e. The van der Waals surface area contributed by atoms with E-state index in [2.05, 4.69) is 29.3 Å². The van der Waals surface area contributed by atoms with Gasteiger partial charge in [-0.2, -0.15) is 0 Å². The molecule has 1 fully saturated rings. The molecule has 0 radical (unpaired) electrons. The first-order valence-corrected chi connectivity index (χ1v) is 9.71. The first-order chi connectivity index (χ1) is 13.2. The average Bonchev–Trinajstić information content (AvgIpc) is 3.34. The molecule has 138 valence electrons. The fourth-order valence-corrected chi connectivity index (χ4v) is 4.31. The molecule has 2 aliphatic rings. The second-order valence-electron chi connectivity index (χ2n) is 7.43. The van der Waals surface area contributed by atoms with Crippen LogP contribution in [-0.4, -0.2) is 18.6 Å². The number of aryl methyl sites for hydroxylation is 1. The molecule has 2 atom stereocenters. The Kier molecular flexibility index (Phi) is 5.19. The van der Waals surface area contributed by atoms with Crippen molar-refractivity contribution in [3.63, 3.8) is 0 Å². The van der Waals surface area contributed by atoms with Crippen molar-refractivity contribution in [3.05, 3.63) is 77.5 Å². The van der Waals surface area contributed by atoms with Crippen LogP contribution in [0.4, 0.5) is 0 Å². The summed E-state index contributed by atoms with van der Waals surface area (Å²) in [5.41, 5.74) is 4.90. The monoisotopic (exact) mass is 359 g/mol. The molecule has 2 aromatic rings. The average molecular weight is 359 g/mol. The van der Waals surface area contributed by atoms with Gasteiger partial charge in [0.2, 0.25) is 0 Å². The van der Waals surface area contributed by atoms with Crippen LogP contribution in [-0.2, 0) is 11.2 Å². The van der Waals surface area contributed by atoms with E-state index in [1.165, 1.54) is 16.7 Å². The highest BCUT2D eigenvalue weighted by atomic mass is 16.5. The SMILES string of the molecule is COc1ccc(CCC2C(=O)CCC2C2=CN=C(c3ccccc3)C2)cc1. The predicted octanol–water partition coefficient (Wildman–Crippen LogP) is 5.00. The molecule has 1 heterocycles. The molecule has 2 aromatic carbocycles. The Hall–Kier alpha value is -2.68. The summed E-state index contributed by atoms with van der Waals surface area (Å²) < 4.78 is 5.22. The maximum atomic E-state index is 12.5. The molecule has 0 bridgehead atoms. The van der Waals surface area contributed by atoms with E-state index in [1.807, 2.05) is 36.5 Å². The molecule has 0 spiro atoms. The van der Waals surface area contributed by atoms with Gasteiger partial charge >= 0.3 is 0 Å². The zero-order valence-corrected chi connectivity index (χ0v) is 15.7. The summed E-state index contributed by atoms with van der Waals surface area (Å²) in [6.45, 7) is 0. The molecule has 1 aliphatic heterocycles. The van der Waals surface area contributed by atoms with Gasteiger partial charge in [0.25, 0.3) is 0 Å². The van der Waals surface area contributed by atoms with E-state index in [-0.39, 0.29) is 5.92 Å². The van der Waals surface area contributed by atoms with Gasteiger partial charge in [-0.1, -0.05) is 42.5 Å². The van der Waals surface area contributed by atoms with E-state index >= 15 is 0 Å². The Morgan fingerprint density at radius 3 is 2.59 bits per heavy atom. The number of hydrogen-bond acceptors (Lipinski definition) is 3. The van der Waals surface area contributed by atoms with Crippen molar-refractivity contribution in [1.82, 2.24) is 0 Å². The van der Waals surface area contributed by atoms with Gasteiger partial charge < -0.3 is 4.74 Å². The number of carbonyl (C=O) groups is 1. The van der Waals surface area contributed by atoms with Crippen molar-refractivity contribution in [3.8, 4) is 5.75 Å². The number of nitrogens with zero attached hydrogens (tertiary/aromatic N) is 1. The number of methoxy groups -OCH3 is 1. The smallest absolute Gasteiger partial charge is 0.136 e. The number of allylic oxidation sites excluding steroid dienone is 1. The molecule has 3 heteroatoms. The second-order valence-corrected chi connectivity index (χ2v) is 7.43. The topological polar surface area (TPSA) is 38.7 Å². The number of hydrogen-bond donors (Lipinski definition) is 0. The van der Waals surface area contributed by atoms with Crippen LogP contribution < -0.4 is 4.74 Å².